The third-order valence-electron chi connectivity index (χ3n) is 5.68. The zero-order chi connectivity index (χ0) is 14.2. The van der Waals surface area contributed by atoms with Crippen molar-refractivity contribution in [3.63, 3.8) is 0 Å². The van der Waals surface area contributed by atoms with Crippen molar-refractivity contribution in [1.82, 2.24) is 10.2 Å². The summed E-state index contributed by atoms with van der Waals surface area (Å²) in [6.07, 6.45) is 7.18. The molecule has 0 spiro atoms. The molecule has 2 heterocycles. The quantitative estimate of drug-likeness (QED) is 0.857. The summed E-state index contributed by atoms with van der Waals surface area (Å²) in [4.78, 5) is 2.75. The molecular weight excluding hydrogens is 248 g/mol. The summed E-state index contributed by atoms with van der Waals surface area (Å²) in [5.41, 5.74) is 0.347. The summed E-state index contributed by atoms with van der Waals surface area (Å²) >= 11 is 0. The zero-order valence-electron chi connectivity index (χ0n) is 13.5. The van der Waals surface area contributed by atoms with Crippen LogP contribution in [0, 0.1) is 11.8 Å². The van der Waals surface area contributed by atoms with Gasteiger partial charge in [0.1, 0.15) is 0 Å². The molecule has 0 bridgehead atoms. The second-order valence-corrected chi connectivity index (χ2v) is 7.80. The van der Waals surface area contributed by atoms with Crippen molar-refractivity contribution in [2.45, 2.75) is 70.6 Å². The Morgan fingerprint density at radius 2 is 2.05 bits per heavy atom. The highest BCUT2D eigenvalue weighted by molar-refractivity contribution is 5.04. The van der Waals surface area contributed by atoms with Crippen molar-refractivity contribution in [3.05, 3.63) is 0 Å². The number of nitrogens with zero attached hydrogens (tertiary/aromatic N) is 1. The molecule has 2 saturated heterocycles. The van der Waals surface area contributed by atoms with E-state index in [1.165, 1.54) is 38.6 Å². The van der Waals surface area contributed by atoms with Gasteiger partial charge in [0, 0.05) is 37.8 Å². The van der Waals surface area contributed by atoms with Crippen LogP contribution in [0.15, 0.2) is 0 Å². The standard InChI is InChI=1S/C17H32N2O/c1-13(2)16-10-18-17(3,14-7-8-14)12-19(16)11-15-6-4-5-9-20-15/h13-16,18H,4-12H2,1-3H3. The fraction of sp³-hybridized carbons (Fsp3) is 1.00. The highest BCUT2D eigenvalue weighted by atomic mass is 16.5. The van der Waals surface area contributed by atoms with E-state index in [-0.39, 0.29) is 0 Å². The number of piperazine rings is 1. The van der Waals surface area contributed by atoms with Gasteiger partial charge in [0.05, 0.1) is 6.10 Å². The lowest BCUT2D eigenvalue weighted by atomic mass is 9.87. The van der Waals surface area contributed by atoms with Crippen LogP contribution < -0.4 is 5.32 Å². The van der Waals surface area contributed by atoms with E-state index in [0.717, 1.165) is 31.5 Å². The molecule has 1 saturated carbocycles. The maximum Gasteiger partial charge on any atom is 0.0702 e. The second-order valence-electron chi connectivity index (χ2n) is 7.80. The van der Waals surface area contributed by atoms with Crippen LogP contribution >= 0.6 is 0 Å². The molecule has 3 atom stereocenters. The Labute approximate surface area is 124 Å². The van der Waals surface area contributed by atoms with Gasteiger partial charge in [-0.3, -0.25) is 4.90 Å². The minimum atomic E-state index is 0.347. The Morgan fingerprint density at radius 3 is 2.65 bits per heavy atom. The van der Waals surface area contributed by atoms with E-state index in [1.54, 1.807) is 0 Å². The minimum absolute atomic E-state index is 0.347. The van der Waals surface area contributed by atoms with Crippen molar-refractivity contribution >= 4 is 0 Å². The van der Waals surface area contributed by atoms with E-state index in [1.807, 2.05) is 0 Å². The number of ether oxygens (including phenoxy) is 1. The average Bonchev–Trinajstić information content (AvgIpc) is 3.24. The molecule has 3 unspecified atom stereocenters. The van der Waals surface area contributed by atoms with Crippen LogP contribution in [0.5, 0.6) is 0 Å². The molecule has 0 radical (unpaired) electrons. The first-order chi connectivity index (χ1) is 9.58. The number of hydrogen-bond donors (Lipinski definition) is 1. The van der Waals surface area contributed by atoms with Gasteiger partial charge in [-0.2, -0.15) is 0 Å². The number of rotatable bonds is 4. The topological polar surface area (TPSA) is 24.5 Å². The van der Waals surface area contributed by atoms with Crippen LogP contribution in [0.2, 0.25) is 0 Å². The van der Waals surface area contributed by atoms with Crippen molar-refractivity contribution in [3.8, 4) is 0 Å². The molecule has 3 heteroatoms. The number of hydrogen-bond acceptors (Lipinski definition) is 3. The lowest BCUT2D eigenvalue weighted by molar-refractivity contribution is -0.0369. The Bertz CT molecular complexity index is 323. The van der Waals surface area contributed by atoms with Gasteiger partial charge in [-0.25, -0.2) is 0 Å². The Kier molecular flexibility index (Phi) is 4.40. The first kappa shape index (κ1) is 14.8. The third kappa shape index (κ3) is 3.20. The van der Waals surface area contributed by atoms with Crippen LogP contribution in [0.25, 0.3) is 0 Å². The zero-order valence-corrected chi connectivity index (χ0v) is 13.5. The van der Waals surface area contributed by atoms with Crippen molar-refractivity contribution in [2.75, 3.05) is 26.2 Å². The molecule has 3 fully saturated rings. The van der Waals surface area contributed by atoms with Crippen LogP contribution in [0.1, 0.15) is 52.9 Å². The highest BCUT2D eigenvalue weighted by Gasteiger charge is 2.46. The first-order valence-electron chi connectivity index (χ1n) is 8.69. The maximum atomic E-state index is 5.99. The van der Waals surface area contributed by atoms with Gasteiger partial charge in [0.25, 0.3) is 0 Å². The van der Waals surface area contributed by atoms with Gasteiger partial charge in [0.2, 0.25) is 0 Å². The SMILES string of the molecule is CC(C)C1CNC(C)(C2CC2)CN1CC1CCCCO1. The molecule has 0 aromatic rings. The molecule has 1 N–H and O–H groups in total. The third-order valence-corrected chi connectivity index (χ3v) is 5.68. The van der Waals surface area contributed by atoms with E-state index < -0.39 is 0 Å². The molecule has 3 nitrogen and oxygen atoms in total. The summed E-state index contributed by atoms with van der Waals surface area (Å²) in [7, 11) is 0. The van der Waals surface area contributed by atoms with E-state index in [0.29, 0.717) is 17.7 Å². The molecule has 0 amide bonds. The van der Waals surface area contributed by atoms with Crippen LogP contribution in [-0.4, -0.2) is 48.8 Å². The summed E-state index contributed by atoms with van der Waals surface area (Å²) in [6.45, 7) is 11.6. The van der Waals surface area contributed by atoms with Gasteiger partial charge in [-0.15, -0.1) is 0 Å². The van der Waals surface area contributed by atoms with Crippen molar-refractivity contribution in [1.29, 1.82) is 0 Å². The molecule has 1 aliphatic carbocycles. The molecule has 116 valence electrons. The van der Waals surface area contributed by atoms with Crippen molar-refractivity contribution < 1.29 is 4.74 Å². The monoisotopic (exact) mass is 280 g/mol. The average molecular weight is 280 g/mol. The molecular formula is C17H32N2O. The van der Waals surface area contributed by atoms with E-state index in [4.69, 9.17) is 4.74 Å². The van der Waals surface area contributed by atoms with Gasteiger partial charge in [-0.1, -0.05) is 13.8 Å². The fourth-order valence-corrected chi connectivity index (χ4v) is 4.13. The van der Waals surface area contributed by atoms with Crippen molar-refractivity contribution in [2.24, 2.45) is 11.8 Å². The summed E-state index contributed by atoms with van der Waals surface area (Å²) in [6, 6.07) is 0.673. The lowest BCUT2D eigenvalue weighted by Crippen LogP contribution is -2.66. The maximum absolute atomic E-state index is 5.99. The second kappa shape index (κ2) is 5.94. The highest BCUT2D eigenvalue weighted by Crippen LogP contribution is 2.41. The Morgan fingerprint density at radius 1 is 1.25 bits per heavy atom. The molecule has 2 aliphatic heterocycles. The van der Waals surface area contributed by atoms with Gasteiger partial charge >= 0.3 is 0 Å². The van der Waals surface area contributed by atoms with E-state index in [9.17, 15) is 0 Å². The molecule has 0 aromatic heterocycles. The lowest BCUT2D eigenvalue weighted by Gasteiger charge is -2.49. The fourth-order valence-electron chi connectivity index (χ4n) is 4.13. The van der Waals surface area contributed by atoms with E-state index in [2.05, 4.69) is 31.0 Å². The molecule has 3 aliphatic rings. The summed E-state index contributed by atoms with van der Waals surface area (Å²) in [5, 5.41) is 3.87. The normalized spacial score (nSPS) is 40.2. The predicted octanol–water partition coefficient (Wildman–Crippen LogP) is 2.65. The van der Waals surface area contributed by atoms with Gasteiger partial charge < -0.3 is 10.1 Å². The van der Waals surface area contributed by atoms with Crippen LogP contribution in [0.4, 0.5) is 0 Å². The van der Waals surface area contributed by atoms with Gasteiger partial charge in [0.15, 0.2) is 0 Å². The van der Waals surface area contributed by atoms with Crippen LogP contribution in [0.3, 0.4) is 0 Å². The molecule has 20 heavy (non-hydrogen) atoms. The smallest absolute Gasteiger partial charge is 0.0702 e. The molecule has 3 rings (SSSR count). The predicted molar refractivity (Wildman–Crippen MR) is 82.9 cm³/mol. The minimum Gasteiger partial charge on any atom is -0.377 e. The molecule has 0 aromatic carbocycles. The Hall–Kier alpha value is -0.120. The number of nitrogens with one attached hydrogen (secondary N) is 1. The van der Waals surface area contributed by atoms with E-state index >= 15 is 0 Å². The largest absolute Gasteiger partial charge is 0.377 e. The van der Waals surface area contributed by atoms with Gasteiger partial charge in [-0.05, 0) is 50.9 Å². The van der Waals surface area contributed by atoms with Crippen LogP contribution in [-0.2, 0) is 4.74 Å². The first-order valence-corrected chi connectivity index (χ1v) is 8.69. The summed E-state index contributed by atoms with van der Waals surface area (Å²) in [5.74, 6) is 1.63. The summed E-state index contributed by atoms with van der Waals surface area (Å²) < 4.78 is 5.99. The Balaban J connectivity index is 1.65.